The van der Waals surface area contributed by atoms with Gasteiger partial charge < -0.3 is 20.2 Å². The average molecular weight is 537 g/mol. The number of phenolic OH excluding ortho intramolecular Hbond substituents is 1. The minimum atomic E-state index is -0.209. The molecule has 3 aliphatic heterocycles. The Balaban J connectivity index is 1.21. The van der Waals surface area contributed by atoms with Crippen LogP contribution in [0.3, 0.4) is 0 Å². The molecule has 0 saturated carbocycles. The minimum Gasteiger partial charge on any atom is -0.506 e. The highest BCUT2D eigenvalue weighted by molar-refractivity contribution is 6.26. The van der Waals surface area contributed by atoms with E-state index in [1.165, 1.54) is 0 Å². The van der Waals surface area contributed by atoms with Gasteiger partial charge in [0.1, 0.15) is 5.75 Å². The Morgan fingerprint density at radius 1 is 1.00 bits per heavy atom. The zero-order chi connectivity index (χ0) is 28.0. The van der Waals surface area contributed by atoms with E-state index < -0.39 is 0 Å². The number of carbonyl (C=O) groups excluding carboxylic acids is 2. The maximum atomic E-state index is 13.3. The third-order valence-electron chi connectivity index (χ3n) is 8.10. The van der Waals surface area contributed by atoms with Crippen LogP contribution in [-0.4, -0.2) is 72.3 Å². The number of phenols is 1. The summed E-state index contributed by atoms with van der Waals surface area (Å²) in [5.74, 6) is -0.125. The molecule has 1 aromatic heterocycles. The predicted octanol–water partition coefficient (Wildman–Crippen LogP) is 4.02. The van der Waals surface area contributed by atoms with Crippen LogP contribution in [0.4, 0.5) is 17.1 Å². The number of piperazine rings is 1. The molecule has 4 heterocycles. The summed E-state index contributed by atoms with van der Waals surface area (Å²) in [4.78, 5) is 41.1. The second-order valence-electron chi connectivity index (χ2n) is 10.5. The fourth-order valence-electron chi connectivity index (χ4n) is 6.04. The van der Waals surface area contributed by atoms with E-state index in [4.69, 9.17) is 0 Å². The fraction of sp³-hybridized carbons (Fsp3) is 0.290. The van der Waals surface area contributed by atoms with Crippen LogP contribution < -0.4 is 15.1 Å². The first kappa shape index (κ1) is 25.8. The molecule has 2 N–H and O–H groups in total. The molecule has 3 aliphatic rings. The van der Waals surface area contributed by atoms with Crippen molar-refractivity contribution in [2.75, 3.05) is 54.9 Å². The molecule has 0 bridgehead atoms. The fourth-order valence-corrected chi connectivity index (χ4v) is 6.04. The van der Waals surface area contributed by atoms with E-state index in [0.29, 0.717) is 36.5 Å². The molecule has 1 unspecified atom stereocenters. The number of hydrogen-bond acceptors (Lipinski definition) is 7. The van der Waals surface area contributed by atoms with Crippen LogP contribution in [0.2, 0.25) is 0 Å². The topological polar surface area (TPSA) is 101 Å². The second-order valence-corrected chi connectivity index (χ2v) is 10.5. The Hall–Kier alpha value is -4.50. The van der Waals surface area contributed by atoms with Crippen molar-refractivity contribution >= 4 is 34.6 Å². The predicted molar refractivity (Wildman–Crippen MR) is 156 cm³/mol. The van der Waals surface area contributed by atoms with E-state index in [-0.39, 0.29) is 23.6 Å². The monoisotopic (exact) mass is 536 g/mol. The van der Waals surface area contributed by atoms with E-state index >= 15 is 0 Å². The number of anilines is 3. The summed E-state index contributed by atoms with van der Waals surface area (Å²) in [5.41, 5.74) is 7.12. The lowest BCUT2D eigenvalue weighted by molar-refractivity contribution is -0.112. The highest BCUT2D eigenvalue weighted by Gasteiger charge is 2.35. The van der Waals surface area contributed by atoms with Crippen LogP contribution >= 0.6 is 0 Å². The van der Waals surface area contributed by atoms with Crippen LogP contribution in [0.1, 0.15) is 41.4 Å². The largest absolute Gasteiger partial charge is 0.506 e. The van der Waals surface area contributed by atoms with Gasteiger partial charge in [0.15, 0.2) is 0 Å². The summed E-state index contributed by atoms with van der Waals surface area (Å²) in [6, 6.07) is 15.0. The molecular weight excluding hydrogens is 504 g/mol. The van der Waals surface area contributed by atoms with Gasteiger partial charge in [0, 0.05) is 79.9 Å². The molecule has 9 nitrogen and oxygen atoms in total. The van der Waals surface area contributed by atoms with Crippen molar-refractivity contribution in [3.63, 3.8) is 0 Å². The summed E-state index contributed by atoms with van der Waals surface area (Å²) in [6.45, 7) is 7.15. The first-order chi connectivity index (χ1) is 19.3. The molecule has 2 amide bonds. The van der Waals surface area contributed by atoms with E-state index in [0.717, 1.165) is 46.9 Å². The first-order valence-corrected chi connectivity index (χ1v) is 13.5. The Morgan fingerprint density at radius 3 is 2.50 bits per heavy atom. The van der Waals surface area contributed by atoms with Gasteiger partial charge in [-0.3, -0.25) is 24.5 Å². The lowest BCUT2D eigenvalue weighted by Crippen LogP contribution is -2.48. The number of benzene rings is 2. The van der Waals surface area contributed by atoms with Gasteiger partial charge in [-0.2, -0.15) is 0 Å². The molecule has 1 saturated heterocycles. The zero-order valence-electron chi connectivity index (χ0n) is 22.9. The Kier molecular flexibility index (Phi) is 6.59. The number of rotatable bonds is 4. The number of aromatic nitrogens is 1. The molecule has 9 heteroatoms. The maximum Gasteiger partial charge on any atom is 0.258 e. The number of amides is 2. The maximum absolute atomic E-state index is 13.3. The highest BCUT2D eigenvalue weighted by Crippen LogP contribution is 2.41. The second kappa shape index (κ2) is 10.2. The summed E-state index contributed by atoms with van der Waals surface area (Å²) in [5, 5.41) is 13.8. The minimum absolute atomic E-state index is 0.0371. The van der Waals surface area contributed by atoms with Crippen LogP contribution in [0.15, 0.2) is 77.1 Å². The summed E-state index contributed by atoms with van der Waals surface area (Å²) in [6.07, 6.45) is 3.49. The SMILES string of the molecule is CC1=NCC(C)=C1C(=O)Nc1ccc(N2CCN(C3c4cnccc4C(=O)N(C)c4ccccc43)CC2)c(O)c1. The number of pyridine rings is 1. The molecule has 0 spiro atoms. The number of nitrogens with zero attached hydrogens (tertiary/aromatic N) is 5. The summed E-state index contributed by atoms with van der Waals surface area (Å²) in [7, 11) is 1.82. The lowest BCUT2D eigenvalue weighted by atomic mass is 9.94. The standard InChI is InChI=1S/C31H32N6O3/c1-19-17-33-20(2)28(19)30(39)34-21-8-9-26(27(38)16-21)36-12-14-37(15-13-36)29-23-6-4-5-7-25(23)35(3)31(40)22-10-11-32-18-24(22)29/h4-11,16,18,29,38H,12-15,17H2,1-3H3,(H,34,39). The number of nitrogens with one attached hydrogen (secondary N) is 1. The molecule has 0 radical (unpaired) electrons. The van der Waals surface area contributed by atoms with Gasteiger partial charge >= 0.3 is 0 Å². The average Bonchev–Trinajstić information content (AvgIpc) is 3.27. The molecule has 6 rings (SSSR count). The highest BCUT2D eigenvalue weighted by atomic mass is 16.3. The summed E-state index contributed by atoms with van der Waals surface area (Å²) < 4.78 is 0. The van der Waals surface area contributed by atoms with E-state index in [1.54, 1.807) is 23.2 Å². The quantitative estimate of drug-likeness (QED) is 0.523. The number of hydrogen-bond donors (Lipinski definition) is 2. The van der Waals surface area contributed by atoms with Crippen molar-refractivity contribution < 1.29 is 14.7 Å². The Morgan fingerprint density at radius 2 is 1.77 bits per heavy atom. The van der Waals surface area contributed by atoms with Crippen LogP contribution in [0, 0.1) is 0 Å². The smallest absolute Gasteiger partial charge is 0.258 e. The van der Waals surface area contributed by atoms with Crippen molar-refractivity contribution in [3.05, 3.63) is 88.8 Å². The van der Waals surface area contributed by atoms with E-state index in [9.17, 15) is 14.7 Å². The van der Waals surface area contributed by atoms with Gasteiger partial charge in [-0.05, 0) is 49.2 Å². The van der Waals surface area contributed by atoms with Crippen molar-refractivity contribution in [1.29, 1.82) is 0 Å². The van der Waals surface area contributed by atoms with E-state index in [2.05, 4.69) is 31.2 Å². The van der Waals surface area contributed by atoms with Crippen LogP contribution in [-0.2, 0) is 4.79 Å². The third kappa shape index (κ3) is 4.42. The Labute approximate surface area is 233 Å². The number of para-hydroxylation sites is 1. The first-order valence-electron chi connectivity index (χ1n) is 13.5. The summed E-state index contributed by atoms with van der Waals surface area (Å²) >= 11 is 0. The van der Waals surface area contributed by atoms with Gasteiger partial charge in [-0.1, -0.05) is 18.2 Å². The van der Waals surface area contributed by atoms with Gasteiger partial charge in [0.2, 0.25) is 0 Å². The van der Waals surface area contributed by atoms with Gasteiger partial charge in [-0.15, -0.1) is 0 Å². The van der Waals surface area contributed by atoms with Crippen molar-refractivity contribution in [3.8, 4) is 5.75 Å². The molecule has 40 heavy (non-hydrogen) atoms. The van der Waals surface area contributed by atoms with Gasteiger partial charge in [0.05, 0.1) is 23.8 Å². The van der Waals surface area contributed by atoms with Crippen LogP contribution in [0.5, 0.6) is 5.75 Å². The number of fused-ring (bicyclic) bond motifs is 2. The molecule has 3 aromatic rings. The number of carbonyl (C=O) groups is 2. The van der Waals surface area contributed by atoms with Crippen LogP contribution in [0.25, 0.3) is 0 Å². The zero-order valence-corrected chi connectivity index (χ0v) is 22.9. The van der Waals surface area contributed by atoms with Crippen molar-refractivity contribution in [1.82, 2.24) is 9.88 Å². The molecule has 204 valence electrons. The molecule has 1 fully saturated rings. The van der Waals surface area contributed by atoms with Gasteiger partial charge in [-0.25, -0.2) is 0 Å². The molecule has 2 aromatic carbocycles. The molecular formula is C31H32N6O3. The van der Waals surface area contributed by atoms with Gasteiger partial charge in [0.25, 0.3) is 11.8 Å². The third-order valence-corrected chi connectivity index (χ3v) is 8.10. The lowest BCUT2D eigenvalue weighted by Gasteiger charge is -2.41. The number of aromatic hydroxyl groups is 1. The molecule has 1 atom stereocenters. The van der Waals surface area contributed by atoms with Crippen molar-refractivity contribution in [2.24, 2.45) is 4.99 Å². The molecule has 0 aliphatic carbocycles. The van der Waals surface area contributed by atoms with Crippen molar-refractivity contribution in [2.45, 2.75) is 19.9 Å². The Bertz CT molecular complexity index is 1570. The normalized spacial score (nSPS) is 19.2. The van der Waals surface area contributed by atoms with E-state index in [1.807, 2.05) is 57.4 Å². The number of aliphatic imine (C=N–C) groups is 1.